The van der Waals surface area contributed by atoms with E-state index in [1.54, 1.807) is 0 Å². The van der Waals surface area contributed by atoms with Gasteiger partial charge in [-0.2, -0.15) is 0 Å². The Hall–Kier alpha value is -0.0800. The van der Waals surface area contributed by atoms with Crippen molar-refractivity contribution in [2.45, 2.75) is 31.7 Å². The minimum absolute atomic E-state index is 0.488. The van der Waals surface area contributed by atoms with Crippen LogP contribution in [-0.4, -0.2) is 19.1 Å². The molecule has 1 unspecified atom stereocenters. The maximum atomic E-state index is 6.04. The Morgan fingerprint density at radius 2 is 2.20 bits per heavy atom. The van der Waals surface area contributed by atoms with Crippen LogP contribution in [0.15, 0.2) is 0 Å². The predicted molar refractivity (Wildman–Crippen MR) is 41.7 cm³/mol. The standard InChI is InChI=1S/C8H16N2/c9-7-2-5-10-6-8(7)3-1-4-8/h7,10H,1-6,9H2. The first kappa shape index (κ1) is 6.62. The van der Waals surface area contributed by atoms with Crippen molar-refractivity contribution in [3.05, 3.63) is 0 Å². The van der Waals surface area contributed by atoms with Crippen LogP contribution in [0.3, 0.4) is 0 Å². The zero-order chi connectivity index (χ0) is 7.03. The molecule has 0 amide bonds. The summed E-state index contributed by atoms with van der Waals surface area (Å²) in [5.74, 6) is 0. The highest BCUT2D eigenvalue weighted by atomic mass is 14.9. The molecule has 0 bridgehead atoms. The molecule has 1 aliphatic heterocycles. The van der Waals surface area contributed by atoms with Crippen molar-refractivity contribution >= 4 is 0 Å². The van der Waals surface area contributed by atoms with Gasteiger partial charge in [0.2, 0.25) is 0 Å². The molecule has 0 aromatic heterocycles. The lowest BCUT2D eigenvalue weighted by molar-refractivity contribution is 0.0674. The zero-order valence-corrected chi connectivity index (χ0v) is 6.40. The first-order chi connectivity index (χ1) is 4.83. The highest BCUT2D eigenvalue weighted by Crippen LogP contribution is 2.44. The Morgan fingerprint density at radius 3 is 2.60 bits per heavy atom. The van der Waals surface area contributed by atoms with Gasteiger partial charge in [-0.05, 0) is 31.2 Å². The van der Waals surface area contributed by atoms with E-state index in [1.807, 2.05) is 0 Å². The molecule has 1 saturated heterocycles. The van der Waals surface area contributed by atoms with Crippen molar-refractivity contribution in [1.82, 2.24) is 5.32 Å². The smallest absolute Gasteiger partial charge is 0.0120 e. The molecule has 1 saturated carbocycles. The molecule has 2 rings (SSSR count). The largest absolute Gasteiger partial charge is 0.327 e. The van der Waals surface area contributed by atoms with Gasteiger partial charge in [-0.3, -0.25) is 0 Å². The Kier molecular flexibility index (Phi) is 1.46. The van der Waals surface area contributed by atoms with E-state index >= 15 is 0 Å². The summed E-state index contributed by atoms with van der Waals surface area (Å²) in [6.07, 6.45) is 5.30. The van der Waals surface area contributed by atoms with Crippen molar-refractivity contribution < 1.29 is 0 Å². The van der Waals surface area contributed by atoms with E-state index in [0.29, 0.717) is 11.5 Å². The molecule has 1 heterocycles. The molecule has 3 N–H and O–H groups in total. The fourth-order valence-corrected chi connectivity index (χ4v) is 2.21. The van der Waals surface area contributed by atoms with Gasteiger partial charge in [0.1, 0.15) is 0 Å². The number of nitrogens with two attached hydrogens (primary N) is 1. The van der Waals surface area contributed by atoms with E-state index in [9.17, 15) is 0 Å². The topological polar surface area (TPSA) is 38.0 Å². The van der Waals surface area contributed by atoms with Crippen LogP contribution in [0.2, 0.25) is 0 Å². The molecule has 0 aromatic rings. The van der Waals surface area contributed by atoms with Crippen LogP contribution in [0, 0.1) is 5.41 Å². The average molecular weight is 140 g/mol. The molecule has 0 aromatic carbocycles. The Balaban J connectivity index is 2.03. The van der Waals surface area contributed by atoms with Crippen molar-refractivity contribution in [3.63, 3.8) is 0 Å². The lowest BCUT2D eigenvalue weighted by atomic mass is 9.62. The second-order valence-electron chi connectivity index (χ2n) is 3.79. The summed E-state index contributed by atoms with van der Waals surface area (Å²) in [7, 11) is 0. The fraction of sp³-hybridized carbons (Fsp3) is 1.00. The SMILES string of the molecule is NC1CCNCC12CCC2. The van der Waals surface area contributed by atoms with Gasteiger partial charge in [-0.15, -0.1) is 0 Å². The number of hydrogen-bond donors (Lipinski definition) is 2. The molecule has 1 atom stereocenters. The van der Waals surface area contributed by atoms with Gasteiger partial charge < -0.3 is 11.1 Å². The number of rotatable bonds is 0. The molecule has 2 aliphatic rings. The summed E-state index contributed by atoms with van der Waals surface area (Å²) < 4.78 is 0. The van der Waals surface area contributed by atoms with Gasteiger partial charge in [0, 0.05) is 12.6 Å². The quantitative estimate of drug-likeness (QED) is 0.513. The third-order valence-electron chi connectivity index (χ3n) is 3.25. The van der Waals surface area contributed by atoms with Crippen molar-refractivity contribution in [3.8, 4) is 0 Å². The van der Waals surface area contributed by atoms with Gasteiger partial charge in [0.25, 0.3) is 0 Å². The van der Waals surface area contributed by atoms with Crippen molar-refractivity contribution in [2.75, 3.05) is 13.1 Å². The van der Waals surface area contributed by atoms with E-state index < -0.39 is 0 Å². The molecule has 10 heavy (non-hydrogen) atoms. The third kappa shape index (κ3) is 0.789. The maximum Gasteiger partial charge on any atom is 0.0120 e. The van der Waals surface area contributed by atoms with Gasteiger partial charge >= 0.3 is 0 Å². The van der Waals surface area contributed by atoms with Crippen LogP contribution in [0.5, 0.6) is 0 Å². The summed E-state index contributed by atoms with van der Waals surface area (Å²) in [5, 5.41) is 3.43. The molecule has 2 nitrogen and oxygen atoms in total. The Morgan fingerprint density at radius 1 is 1.40 bits per heavy atom. The molecule has 0 radical (unpaired) electrons. The molecule has 58 valence electrons. The number of hydrogen-bond acceptors (Lipinski definition) is 2. The Labute approximate surface area is 62.2 Å². The fourth-order valence-electron chi connectivity index (χ4n) is 2.21. The molecule has 2 heteroatoms. The lowest BCUT2D eigenvalue weighted by Crippen LogP contribution is -2.57. The highest BCUT2D eigenvalue weighted by molar-refractivity contribution is 4.99. The molecule has 1 aliphatic carbocycles. The summed E-state index contributed by atoms with van der Waals surface area (Å²) in [5.41, 5.74) is 6.56. The monoisotopic (exact) mass is 140 g/mol. The van der Waals surface area contributed by atoms with Crippen LogP contribution < -0.4 is 11.1 Å². The number of piperidine rings is 1. The maximum absolute atomic E-state index is 6.04. The van der Waals surface area contributed by atoms with Crippen LogP contribution >= 0.6 is 0 Å². The van der Waals surface area contributed by atoms with E-state index in [4.69, 9.17) is 5.73 Å². The van der Waals surface area contributed by atoms with Crippen molar-refractivity contribution in [2.24, 2.45) is 11.1 Å². The first-order valence-corrected chi connectivity index (χ1v) is 4.30. The van der Waals surface area contributed by atoms with Gasteiger partial charge in [-0.1, -0.05) is 6.42 Å². The lowest BCUT2D eigenvalue weighted by Gasteiger charge is -2.49. The van der Waals surface area contributed by atoms with E-state index in [0.717, 1.165) is 6.54 Å². The highest BCUT2D eigenvalue weighted by Gasteiger charge is 2.43. The molecular weight excluding hydrogens is 124 g/mol. The summed E-state index contributed by atoms with van der Waals surface area (Å²) in [6.45, 7) is 2.30. The number of nitrogens with one attached hydrogen (secondary N) is 1. The first-order valence-electron chi connectivity index (χ1n) is 4.30. The Bertz CT molecular complexity index is 129. The van der Waals surface area contributed by atoms with Crippen LogP contribution in [0.25, 0.3) is 0 Å². The van der Waals surface area contributed by atoms with Gasteiger partial charge in [-0.25, -0.2) is 0 Å². The summed E-state index contributed by atoms with van der Waals surface area (Å²) >= 11 is 0. The second kappa shape index (κ2) is 2.21. The van der Waals surface area contributed by atoms with Gasteiger partial charge in [0.15, 0.2) is 0 Å². The summed E-state index contributed by atoms with van der Waals surface area (Å²) in [4.78, 5) is 0. The molecular formula is C8H16N2. The summed E-state index contributed by atoms with van der Waals surface area (Å²) in [6, 6.07) is 0.488. The van der Waals surface area contributed by atoms with Crippen molar-refractivity contribution in [1.29, 1.82) is 0 Å². The normalized spacial score (nSPS) is 37.5. The minimum Gasteiger partial charge on any atom is -0.327 e. The van der Waals surface area contributed by atoms with Crippen LogP contribution in [-0.2, 0) is 0 Å². The minimum atomic E-state index is 0.488. The van der Waals surface area contributed by atoms with E-state index in [-0.39, 0.29) is 0 Å². The molecule has 2 fully saturated rings. The van der Waals surface area contributed by atoms with E-state index in [2.05, 4.69) is 5.32 Å². The van der Waals surface area contributed by atoms with Gasteiger partial charge in [0.05, 0.1) is 0 Å². The average Bonchev–Trinajstić information content (AvgIpc) is 1.85. The van der Waals surface area contributed by atoms with Crippen LogP contribution in [0.1, 0.15) is 25.7 Å². The second-order valence-corrected chi connectivity index (χ2v) is 3.79. The third-order valence-corrected chi connectivity index (χ3v) is 3.25. The predicted octanol–water partition coefficient (Wildman–Crippen LogP) is 0.477. The zero-order valence-electron chi connectivity index (χ0n) is 6.40. The van der Waals surface area contributed by atoms with E-state index in [1.165, 1.54) is 32.2 Å². The molecule has 1 spiro atoms. The van der Waals surface area contributed by atoms with Crippen LogP contribution in [0.4, 0.5) is 0 Å².